The van der Waals surface area contributed by atoms with Crippen LogP contribution in [0.2, 0.25) is 10.0 Å². The van der Waals surface area contributed by atoms with Crippen molar-refractivity contribution in [2.45, 2.75) is 13.3 Å². The van der Waals surface area contributed by atoms with Crippen LogP contribution in [0.1, 0.15) is 12.5 Å². The Kier molecular flexibility index (Phi) is 5.64. The van der Waals surface area contributed by atoms with Gasteiger partial charge in [-0.2, -0.15) is 0 Å². The Morgan fingerprint density at radius 1 is 1.09 bits per heavy atom. The smallest absolute Gasteiger partial charge is 0.228 e. The van der Waals surface area contributed by atoms with Gasteiger partial charge in [0.1, 0.15) is 0 Å². The van der Waals surface area contributed by atoms with Gasteiger partial charge in [-0.05, 0) is 29.8 Å². The summed E-state index contributed by atoms with van der Waals surface area (Å²) in [5.74, 6) is -0.243. The van der Waals surface area contributed by atoms with E-state index in [4.69, 9.17) is 23.2 Å². The first-order chi connectivity index (χ1) is 10.9. The minimum Gasteiger partial charge on any atom is -0.324 e. The summed E-state index contributed by atoms with van der Waals surface area (Å²) in [7, 11) is 1.70. The fourth-order valence-corrected chi connectivity index (χ4v) is 2.35. The Morgan fingerprint density at radius 2 is 1.74 bits per heavy atom. The van der Waals surface area contributed by atoms with Gasteiger partial charge in [-0.3, -0.25) is 9.59 Å². The number of benzene rings is 2. The molecule has 2 aromatic carbocycles. The molecule has 0 aliphatic heterocycles. The molecule has 0 aliphatic carbocycles. The number of nitrogens with one attached hydrogen (secondary N) is 1. The van der Waals surface area contributed by atoms with Crippen molar-refractivity contribution >= 4 is 46.4 Å². The maximum atomic E-state index is 12.1. The van der Waals surface area contributed by atoms with Crippen molar-refractivity contribution in [2.75, 3.05) is 17.3 Å². The molecule has 0 aliphatic rings. The van der Waals surface area contributed by atoms with E-state index in [1.165, 1.54) is 11.8 Å². The fourth-order valence-electron chi connectivity index (χ4n) is 2.00. The number of halogens is 2. The van der Waals surface area contributed by atoms with E-state index in [1.807, 2.05) is 12.1 Å². The number of carbonyl (C=O) groups is 2. The highest BCUT2D eigenvalue weighted by Crippen LogP contribution is 2.29. The van der Waals surface area contributed by atoms with Gasteiger partial charge in [-0.1, -0.05) is 41.4 Å². The predicted molar refractivity (Wildman–Crippen MR) is 94.3 cm³/mol. The monoisotopic (exact) mass is 350 g/mol. The number of hydrogen-bond acceptors (Lipinski definition) is 2. The van der Waals surface area contributed by atoms with Gasteiger partial charge in [0.05, 0.1) is 22.2 Å². The SMILES string of the molecule is CC(=O)N(C)c1ccc(CC(=O)Nc2cccc(Cl)c2Cl)cc1. The molecule has 0 bridgehead atoms. The zero-order chi connectivity index (χ0) is 17.0. The number of rotatable bonds is 4. The maximum Gasteiger partial charge on any atom is 0.228 e. The average molecular weight is 351 g/mol. The minimum atomic E-state index is -0.193. The normalized spacial score (nSPS) is 10.3. The Labute approximate surface area is 145 Å². The zero-order valence-corrected chi connectivity index (χ0v) is 14.3. The van der Waals surface area contributed by atoms with Gasteiger partial charge in [-0.15, -0.1) is 0 Å². The summed E-state index contributed by atoms with van der Waals surface area (Å²) in [4.78, 5) is 24.9. The Balaban J connectivity index is 2.03. The number of hydrogen-bond donors (Lipinski definition) is 1. The third-order valence-electron chi connectivity index (χ3n) is 3.39. The van der Waals surface area contributed by atoms with Gasteiger partial charge in [0.25, 0.3) is 0 Å². The summed E-state index contributed by atoms with van der Waals surface area (Å²) in [6, 6.07) is 12.3. The summed E-state index contributed by atoms with van der Waals surface area (Å²) in [6.07, 6.45) is 0.201. The molecule has 0 saturated heterocycles. The van der Waals surface area contributed by atoms with Crippen LogP contribution in [0.5, 0.6) is 0 Å². The van der Waals surface area contributed by atoms with E-state index in [-0.39, 0.29) is 18.2 Å². The zero-order valence-electron chi connectivity index (χ0n) is 12.8. The molecule has 23 heavy (non-hydrogen) atoms. The highest BCUT2D eigenvalue weighted by Gasteiger charge is 2.10. The number of anilines is 2. The Morgan fingerprint density at radius 3 is 2.35 bits per heavy atom. The Bertz CT molecular complexity index is 730. The molecule has 6 heteroatoms. The molecule has 0 unspecified atom stereocenters. The fraction of sp³-hybridized carbons (Fsp3) is 0.176. The van der Waals surface area contributed by atoms with Crippen LogP contribution in [0, 0.1) is 0 Å². The molecule has 0 spiro atoms. The first-order valence-corrected chi connectivity index (χ1v) is 7.71. The first-order valence-electron chi connectivity index (χ1n) is 6.95. The van der Waals surface area contributed by atoms with Crippen LogP contribution in [0.15, 0.2) is 42.5 Å². The molecule has 2 amide bonds. The van der Waals surface area contributed by atoms with E-state index in [0.29, 0.717) is 15.7 Å². The summed E-state index contributed by atoms with van der Waals surface area (Å²) >= 11 is 12.0. The summed E-state index contributed by atoms with van der Waals surface area (Å²) < 4.78 is 0. The van der Waals surface area contributed by atoms with Crippen molar-refractivity contribution in [1.82, 2.24) is 0 Å². The quantitative estimate of drug-likeness (QED) is 0.899. The molecule has 0 heterocycles. The van der Waals surface area contributed by atoms with Gasteiger partial charge in [-0.25, -0.2) is 0 Å². The van der Waals surface area contributed by atoms with Crippen LogP contribution in [0.25, 0.3) is 0 Å². The van der Waals surface area contributed by atoms with Crippen LogP contribution in [-0.2, 0) is 16.0 Å². The number of amides is 2. The average Bonchev–Trinajstić information content (AvgIpc) is 2.52. The largest absolute Gasteiger partial charge is 0.324 e. The lowest BCUT2D eigenvalue weighted by atomic mass is 10.1. The molecule has 2 aromatic rings. The topological polar surface area (TPSA) is 49.4 Å². The third kappa shape index (κ3) is 4.47. The van der Waals surface area contributed by atoms with Crippen molar-refractivity contribution in [3.05, 3.63) is 58.1 Å². The van der Waals surface area contributed by atoms with Crippen molar-refractivity contribution in [2.24, 2.45) is 0 Å². The van der Waals surface area contributed by atoms with E-state index >= 15 is 0 Å². The van der Waals surface area contributed by atoms with Gasteiger partial charge >= 0.3 is 0 Å². The van der Waals surface area contributed by atoms with E-state index < -0.39 is 0 Å². The lowest BCUT2D eigenvalue weighted by molar-refractivity contribution is -0.116. The van der Waals surface area contributed by atoms with E-state index in [0.717, 1.165) is 11.3 Å². The van der Waals surface area contributed by atoms with E-state index in [9.17, 15) is 9.59 Å². The first kappa shape index (κ1) is 17.3. The second kappa shape index (κ2) is 7.49. The van der Waals surface area contributed by atoms with E-state index in [1.54, 1.807) is 37.4 Å². The van der Waals surface area contributed by atoms with Gasteiger partial charge in [0.2, 0.25) is 11.8 Å². The van der Waals surface area contributed by atoms with Crippen molar-refractivity contribution in [3.63, 3.8) is 0 Å². The summed E-state index contributed by atoms with van der Waals surface area (Å²) in [5, 5.41) is 3.45. The summed E-state index contributed by atoms with van der Waals surface area (Å²) in [5.41, 5.74) is 2.10. The molecule has 120 valence electrons. The lowest BCUT2D eigenvalue weighted by Gasteiger charge is -2.15. The van der Waals surface area contributed by atoms with Crippen molar-refractivity contribution in [1.29, 1.82) is 0 Å². The van der Waals surface area contributed by atoms with Crippen LogP contribution in [-0.4, -0.2) is 18.9 Å². The Hall–Kier alpha value is -2.04. The van der Waals surface area contributed by atoms with Crippen LogP contribution in [0.4, 0.5) is 11.4 Å². The predicted octanol–water partition coefficient (Wildman–Crippen LogP) is 4.16. The lowest BCUT2D eigenvalue weighted by Crippen LogP contribution is -2.22. The van der Waals surface area contributed by atoms with Gasteiger partial charge < -0.3 is 10.2 Å². The summed E-state index contributed by atoms with van der Waals surface area (Å²) in [6.45, 7) is 1.50. The molecule has 1 N–H and O–H groups in total. The minimum absolute atomic E-state index is 0.0499. The molecule has 0 radical (unpaired) electrons. The number of carbonyl (C=O) groups excluding carboxylic acids is 2. The van der Waals surface area contributed by atoms with Crippen molar-refractivity contribution < 1.29 is 9.59 Å². The molecule has 2 rings (SSSR count). The van der Waals surface area contributed by atoms with Crippen molar-refractivity contribution in [3.8, 4) is 0 Å². The second-order valence-electron chi connectivity index (χ2n) is 5.07. The van der Waals surface area contributed by atoms with Gasteiger partial charge in [0, 0.05) is 19.7 Å². The molecule has 0 saturated carbocycles. The van der Waals surface area contributed by atoms with Gasteiger partial charge in [0.15, 0.2) is 0 Å². The maximum absolute atomic E-state index is 12.1. The molecule has 0 atom stereocenters. The molecular weight excluding hydrogens is 335 g/mol. The number of nitrogens with zero attached hydrogens (tertiary/aromatic N) is 1. The second-order valence-corrected chi connectivity index (χ2v) is 5.86. The van der Waals surface area contributed by atoms with Crippen LogP contribution < -0.4 is 10.2 Å². The molecule has 4 nitrogen and oxygen atoms in total. The standard InChI is InChI=1S/C17H16Cl2N2O2/c1-11(22)21(2)13-8-6-12(7-9-13)10-16(23)20-15-5-3-4-14(18)17(15)19/h3-9H,10H2,1-2H3,(H,20,23). The van der Waals surface area contributed by atoms with Crippen LogP contribution >= 0.6 is 23.2 Å². The van der Waals surface area contributed by atoms with E-state index in [2.05, 4.69) is 5.32 Å². The van der Waals surface area contributed by atoms with Crippen LogP contribution in [0.3, 0.4) is 0 Å². The highest BCUT2D eigenvalue weighted by atomic mass is 35.5. The molecular formula is C17H16Cl2N2O2. The molecule has 0 fully saturated rings. The third-order valence-corrected chi connectivity index (χ3v) is 4.21. The molecule has 0 aromatic heterocycles. The highest BCUT2D eigenvalue weighted by molar-refractivity contribution is 6.44.